The van der Waals surface area contributed by atoms with Crippen LogP contribution in [0.1, 0.15) is 24.2 Å². The first kappa shape index (κ1) is 14.3. The van der Waals surface area contributed by atoms with Crippen LogP contribution in [0.4, 0.5) is 5.69 Å². The molecule has 2 aromatic carbocycles. The van der Waals surface area contributed by atoms with Crippen LogP contribution in [0.5, 0.6) is 0 Å². The maximum absolute atomic E-state index is 6.17. The van der Waals surface area contributed by atoms with E-state index in [1.165, 1.54) is 5.56 Å². The summed E-state index contributed by atoms with van der Waals surface area (Å²) < 4.78 is 2.15. The van der Waals surface area contributed by atoms with Gasteiger partial charge in [-0.15, -0.1) is 10.2 Å². The SMILES string of the molecule is Cc1ccccc1-c1nnc2n1-c1ccc(Cl)cc1NC[C@@H]2C. The van der Waals surface area contributed by atoms with E-state index in [2.05, 4.69) is 46.1 Å². The van der Waals surface area contributed by atoms with Gasteiger partial charge >= 0.3 is 0 Å². The molecule has 0 fully saturated rings. The fourth-order valence-corrected chi connectivity index (χ4v) is 3.22. The second kappa shape index (κ2) is 5.39. The Morgan fingerprint density at radius 1 is 1.17 bits per heavy atom. The zero-order valence-electron chi connectivity index (χ0n) is 13.0. The smallest absolute Gasteiger partial charge is 0.168 e. The molecule has 3 aromatic rings. The van der Waals surface area contributed by atoms with Gasteiger partial charge in [-0.1, -0.05) is 42.8 Å². The van der Waals surface area contributed by atoms with E-state index >= 15 is 0 Å². The number of rotatable bonds is 1. The van der Waals surface area contributed by atoms with Crippen molar-refractivity contribution in [3.8, 4) is 17.1 Å². The first-order valence-corrected chi connectivity index (χ1v) is 8.08. The molecule has 1 atom stereocenters. The Morgan fingerprint density at radius 3 is 2.83 bits per heavy atom. The van der Waals surface area contributed by atoms with E-state index < -0.39 is 0 Å². The van der Waals surface area contributed by atoms with Crippen molar-refractivity contribution in [2.75, 3.05) is 11.9 Å². The topological polar surface area (TPSA) is 42.7 Å². The highest BCUT2D eigenvalue weighted by atomic mass is 35.5. The van der Waals surface area contributed by atoms with E-state index in [1.807, 2.05) is 30.3 Å². The van der Waals surface area contributed by atoms with Gasteiger partial charge in [0.15, 0.2) is 5.82 Å². The summed E-state index contributed by atoms with van der Waals surface area (Å²) in [6.07, 6.45) is 0. The number of halogens is 1. The average Bonchev–Trinajstić information content (AvgIpc) is 2.92. The van der Waals surface area contributed by atoms with Crippen LogP contribution in [0, 0.1) is 6.92 Å². The van der Waals surface area contributed by atoms with Crippen LogP contribution in [0.3, 0.4) is 0 Å². The van der Waals surface area contributed by atoms with Crippen LogP contribution in [0.15, 0.2) is 42.5 Å². The number of aryl methyl sites for hydroxylation is 1. The molecule has 0 saturated heterocycles. The van der Waals surface area contributed by atoms with Gasteiger partial charge in [0.25, 0.3) is 0 Å². The van der Waals surface area contributed by atoms with Crippen LogP contribution in [-0.4, -0.2) is 21.3 Å². The molecule has 0 saturated carbocycles. The van der Waals surface area contributed by atoms with Crippen molar-refractivity contribution in [1.29, 1.82) is 0 Å². The highest BCUT2D eigenvalue weighted by Crippen LogP contribution is 2.35. The molecule has 0 unspecified atom stereocenters. The van der Waals surface area contributed by atoms with Gasteiger partial charge in [-0.2, -0.15) is 0 Å². The van der Waals surface area contributed by atoms with Crippen molar-refractivity contribution >= 4 is 17.3 Å². The van der Waals surface area contributed by atoms with E-state index in [0.29, 0.717) is 0 Å². The van der Waals surface area contributed by atoms with Gasteiger partial charge in [0.1, 0.15) is 5.82 Å². The summed E-state index contributed by atoms with van der Waals surface area (Å²) in [5.74, 6) is 2.10. The van der Waals surface area contributed by atoms with Crippen molar-refractivity contribution in [3.05, 3.63) is 58.9 Å². The summed E-state index contributed by atoms with van der Waals surface area (Å²) >= 11 is 6.17. The van der Waals surface area contributed by atoms with Gasteiger partial charge in [0.05, 0.1) is 11.4 Å². The molecule has 0 aliphatic carbocycles. The summed E-state index contributed by atoms with van der Waals surface area (Å²) in [5.41, 5.74) is 4.33. The van der Waals surface area contributed by atoms with Gasteiger partial charge in [0.2, 0.25) is 0 Å². The van der Waals surface area contributed by atoms with Gasteiger partial charge in [-0.05, 0) is 30.7 Å². The monoisotopic (exact) mass is 324 g/mol. The van der Waals surface area contributed by atoms with Gasteiger partial charge in [-0.25, -0.2) is 0 Å². The minimum atomic E-state index is 0.256. The molecule has 116 valence electrons. The van der Waals surface area contributed by atoms with Crippen LogP contribution in [0.2, 0.25) is 5.02 Å². The molecule has 0 spiro atoms. The number of nitrogens with one attached hydrogen (secondary N) is 1. The zero-order chi connectivity index (χ0) is 16.0. The lowest BCUT2D eigenvalue weighted by molar-refractivity contribution is 0.725. The Hall–Kier alpha value is -2.33. The van der Waals surface area contributed by atoms with Crippen LogP contribution in [-0.2, 0) is 0 Å². The molecule has 0 amide bonds. The van der Waals surface area contributed by atoms with E-state index in [0.717, 1.165) is 40.2 Å². The third kappa shape index (κ3) is 2.30. The molecule has 0 bridgehead atoms. The summed E-state index contributed by atoms with van der Waals surface area (Å²) in [6, 6.07) is 14.1. The number of aromatic nitrogens is 3. The standard InChI is InChI=1S/C18H17ClN4/c1-11-5-3-4-6-14(11)18-22-21-17-12(2)10-20-15-9-13(19)7-8-16(15)23(17)18/h3-9,12,20H,10H2,1-2H3/t12-/m0/s1. The van der Waals surface area contributed by atoms with Gasteiger partial charge in [0, 0.05) is 23.0 Å². The zero-order valence-corrected chi connectivity index (χ0v) is 13.8. The number of hydrogen-bond donors (Lipinski definition) is 1. The van der Waals surface area contributed by atoms with E-state index in [1.54, 1.807) is 0 Å². The Bertz CT molecular complexity index is 884. The molecule has 4 nitrogen and oxygen atoms in total. The lowest BCUT2D eigenvalue weighted by atomic mass is 10.1. The predicted octanol–water partition coefficient (Wildman–Crippen LogP) is 4.43. The fourth-order valence-electron chi connectivity index (χ4n) is 3.05. The number of fused-ring (bicyclic) bond motifs is 3. The molecule has 1 N–H and O–H groups in total. The number of hydrogen-bond acceptors (Lipinski definition) is 3. The summed E-state index contributed by atoms with van der Waals surface area (Å²) in [4.78, 5) is 0. The van der Waals surface area contributed by atoms with Crippen molar-refractivity contribution in [2.45, 2.75) is 19.8 Å². The maximum atomic E-state index is 6.17. The molecule has 5 heteroatoms. The maximum Gasteiger partial charge on any atom is 0.168 e. The highest BCUT2D eigenvalue weighted by Gasteiger charge is 2.25. The molecule has 23 heavy (non-hydrogen) atoms. The minimum Gasteiger partial charge on any atom is -0.383 e. The molecule has 2 heterocycles. The molecule has 1 aliphatic heterocycles. The second-order valence-corrected chi connectivity index (χ2v) is 6.41. The lowest BCUT2D eigenvalue weighted by Gasteiger charge is -2.13. The largest absolute Gasteiger partial charge is 0.383 e. The van der Waals surface area contributed by atoms with Crippen LogP contribution < -0.4 is 5.32 Å². The van der Waals surface area contributed by atoms with E-state index in [-0.39, 0.29) is 5.92 Å². The van der Waals surface area contributed by atoms with E-state index in [4.69, 9.17) is 11.6 Å². The third-order valence-electron chi connectivity index (χ3n) is 4.31. The van der Waals surface area contributed by atoms with Crippen molar-refractivity contribution < 1.29 is 0 Å². The molecule has 1 aliphatic rings. The summed E-state index contributed by atoms with van der Waals surface area (Å²) in [5, 5.41) is 13.2. The first-order chi connectivity index (χ1) is 11.1. The second-order valence-electron chi connectivity index (χ2n) is 5.98. The summed E-state index contributed by atoms with van der Waals surface area (Å²) in [7, 11) is 0. The third-order valence-corrected chi connectivity index (χ3v) is 4.55. The Kier molecular flexibility index (Phi) is 3.34. The van der Waals surface area contributed by atoms with Crippen molar-refractivity contribution in [3.63, 3.8) is 0 Å². The number of nitrogens with zero attached hydrogens (tertiary/aromatic N) is 3. The Morgan fingerprint density at radius 2 is 2.00 bits per heavy atom. The molecular formula is C18H17ClN4. The molecule has 1 aromatic heterocycles. The van der Waals surface area contributed by atoms with Crippen LogP contribution in [0.25, 0.3) is 17.1 Å². The van der Waals surface area contributed by atoms with Crippen molar-refractivity contribution in [2.24, 2.45) is 0 Å². The van der Waals surface area contributed by atoms with Gasteiger partial charge in [-0.3, -0.25) is 4.57 Å². The predicted molar refractivity (Wildman–Crippen MR) is 93.4 cm³/mol. The first-order valence-electron chi connectivity index (χ1n) is 7.70. The van der Waals surface area contributed by atoms with Gasteiger partial charge < -0.3 is 5.32 Å². The lowest BCUT2D eigenvalue weighted by Crippen LogP contribution is -2.09. The van der Waals surface area contributed by atoms with Crippen molar-refractivity contribution in [1.82, 2.24) is 14.8 Å². The summed E-state index contributed by atoms with van der Waals surface area (Å²) in [6.45, 7) is 5.06. The Labute approximate surface area is 140 Å². The minimum absolute atomic E-state index is 0.256. The highest BCUT2D eigenvalue weighted by molar-refractivity contribution is 6.31. The Balaban J connectivity index is 2.01. The van der Waals surface area contributed by atoms with E-state index in [9.17, 15) is 0 Å². The fraction of sp³-hybridized carbons (Fsp3) is 0.222. The average molecular weight is 325 g/mol. The molecular weight excluding hydrogens is 308 g/mol. The molecule has 4 rings (SSSR count). The molecule has 0 radical (unpaired) electrons. The number of anilines is 1. The quantitative estimate of drug-likeness (QED) is 0.720. The van der Waals surface area contributed by atoms with Crippen LogP contribution >= 0.6 is 11.6 Å². The number of benzene rings is 2. The normalized spacial score (nSPS) is 16.2.